The molecule has 0 amide bonds. The Morgan fingerprint density at radius 1 is 1.23 bits per heavy atom. The van der Waals surface area contributed by atoms with Gasteiger partial charge < -0.3 is 4.98 Å². The highest BCUT2D eigenvalue weighted by atomic mass is 14.7. The largest absolute Gasteiger partial charge is 0.361 e. The minimum Gasteiger partial charge on any atom is -0.361 e. The van der Waals surface area contributed by atoms with Gasteiger partial charge in [-0.15, -0.1) is 0 Å². The van der Waals surface area contributed by atoms with Crippen LogP contribution in [0, 0.1) is 6.92 Å². The Morgan fingerprint density at radius 2 is 2.08 bits per heavy atom. The SMILES string of the molecule is [CH2]CCCc1c[nH]c2ccccc12. The molecule has 1 N–H and O–H groups in total. The molecule has 0 aliphatic heterocycles. The van der Waals surface area contributed by atoms with Crippen LogP contribution in [0.2, 0.25) is 0 Å². The second-order valence-electron chi connectivity index (χ2n) is 3.32. The van der Waals surface area contributed by atoms with E-state index in [2.05, 4.69) is 42.4 Å². The lowest BCUT2D eigenvalue weighted by molar-refractivity contribution is 0.845. The number of hydrogen-bond donors (Lipinski definition) is 1. The molecule has 1 heterocycles. The third-order valence-electron chi connectivity index (χ3n) is 2.37. The third-order valence-corrected chi connectivity index (χ3v) is 2.37. The van der Waals surface area contributed by atoms with Gasteiger partial charge in [-0.25, -0.2) is 0 Å². The molecule has 2 rings (SSSR count). The van der Waals surface area contributed by atoms with Gasteiger partial charge in [-0.3, -0.25) is 0 Å². The fraction of sp³-hybridized carbons (Fsp3) is 0.250. The molecule has 0 atom stereocenters. The third kappa shape index (κ3) is 1.59. The van der Waals surface area contributed by atoms with Gasteiger partial charge in [0.15, 0.2) is 0 Å². The first-order valence-corrected chi connectivity index (χ1v) is 4.76. The zero-order valence-electron chi connectivity index (χ0n) is 7.72. The Hall–Kier alpha value is -1.24. The Balaban J connectivity index is 2.35. The number of H-pyrrole nitrogens is 1. The molecule has 2 aromatic rings. The maximum Gasteiger partial charge on any atom is 0.0456 e. The number of aromatic amines is 1. The van der Waals surface area contributed by atoms with E-state index in [1.807, 2.05) is 0 Å². The van der Waals surface area contributed by atoms with Gasteiger partial charge in [0.25, 0.3) is 0 Å². The second-order valence-corrected chi connectivity index (χ2v) is 3.32. The van der Waals surface area contributed by atoms with E-state index >= 15 is 0 Å². The van der Waals surface area contributed by atoms with Gasteiger partial charge in [0, 0.05) is 17.1 Å². The van der Waals surface area contributed by atoms with Gasteiger partial charge in [-0.05, 0) is 24.5 Å². The summed E-state index contributed by atoms with van der Waals surface area (Å²) in [7, 11) is 0. The van der Waals surface area contributed by atoms with Crippen molar-refractivity contribution in [2.45, 2.75) is 19.3 Å². The quantitative estimate of drug-likeness (QED) is 0.731. The van der Waals surface area contributed by atoms with E-state index in [0.29, 0.717) is 0 Å². The summed E-state index contributed by atoms with van der Waals surface area (Å²) in [5, 5.41) is 1.36. The van der Waals surface area contributed by atoms with Crippen LogP contribution < -0.4 is 0 Å². The minimum absolute atomic E-state index is 1.01. The summed E-state index contributed by atoms with van der Waals surface area (Å²) in [5.74, 6) is 0. The summed E-state index contributed by atoms with van der Waals surface area (Å²) in [5.41, 5.74) is 2.65. The van der Waals surface area contributed by atoms with Gasteiger partial charge in [0.2, 0.25) is 0 Å². The smallest absolute Gasteiger partial charge is 0.0456 e. The average Bonchev–Trinajstić information content (AvgIpc) is 2.58. The summed E-state index contributed by atoms with van der Waals surface area (Å²) in [6.45, 7) is 3.85. The first-order chi connectivity index (χ1) is 6.42. The van der Waals surface area contributed by atoms with E-state index in [1.54, 1.807) is 0 Å². The molecule has 0 aliphatic rings. The van der Waals surface area contributed by atoms with Crippen molar-refractivity contribution in [3.8, 4) is 0 Å². The van der Waals surface area contributed by atoms with Gasteiger partial charge in [0.05, 0.1) is 0 Å². The zero-order valence-corrected chi connectivity index (χ0v) is 7.72. The molecule has 0 fully saturated rings. The molecule has 1 aromatic heterocycles. The van der Waals surface area contributed by atoms with E-state index in [-0.39, 0.29) is 0 Å². The maximum absolute atomic E-state index is 3.85. The Kier molecular flexibility index (Phi) is 2.35. The van der Waals surface area contributed by atoms with Crippen LogP contribution in [0.1, 0.15) is 18.4 Å². The lowest BCUT2D eigenvalue weighted by atomic mass is 10.1. The number of hydrogen-bond acceptors (Lipinski definition) is 0. The number of benzene rings is 1. The van der Waals surface area contributed by atoms with Gasteiger partial charge >= 0.3 is 0 Å². The van der Waals surface area contributed by atoms with Crippen LogP contribution in [-0.4, -0.2) is 4.98 Å². The van der Waals surface area contributed by atoms with Crippen molar-refractivity contribution in [1.29, 1.82) is 0 Å². The monoisotopic (exact) mass is 172 g/mol. The van der Waals surface area contributed by atoms with Crippen LogP contribution >= 0.6 is 0 Å². The fourth-order valence-electron chi connectivity index (χ4n) is 1.65. The topological polar surface area (TPSA) is 15.8 Å². The molecule has 0 spiro atoms. The number of para-hydroxylation sites is 1. The van der Waals surface area contributed by atoms with E-state index in [0.717, 1.165) is 12.8 Å². The van der Waals surface area contributed by atoms with Crippen molar-refractivity contribution < 1.29 is 0 Å². The molecule has 0 bridgehead atoms. The number of fused-ring (bicyclic) bond motifs is 1. The molecular weight excluding hydrogens is 158 g/mol. The number of nitrogens with one attached hydrogen (secondary N) is 1. The van der Waals surface area contributed by atoms with Crippen LogP contribution in [0.15, 0.2) is 30.5 Å². The van der Waals surface area contributed by atoms with E-state index in [9.17, 15) is 0 Å². The number of aromatic nitrogens is 1. The summed E-state index contributed by atoms with van der Waals surface area (Å²) in [6.07, 6.45) is 5.43. The summed E-state index contributed by atoms with van der Waals surface area (Å²) in [4.78, 5) is 3.28. The van der Waals surface area contributed by atoms with E-state index in [4.69, 9.17) is 0 Å². The molecule has 67 valence electrons. The van der Waals surface area contributed by atoms with Gasteiger partial charge in [-0.1, -0.05) is 31.5 Å². The fourth-order valence-corrected chi connectivity index (χ4v) is 1.65. The van der Waals surface area contributed by atoms with Gasteiger partial charge in [0.1, 0.15) is 0 Å². The average molecular weight is 172 g/mol. The number of rotatable bonds is 3. The van der Waals surface area contributed by atoms with Crippen molar-refractivity contribution in [1.82, 2.24) is 4.98 Å². The van der Waals surface area contributed by atoms with Crippen molar-refractivity contribution in [3.63, 3.8) is 0 Å². The molecule has 1 heteroatoms. The summed E-state index contributed by atoms with van der Waals surface area (Å²) < 4.78 is 0. The first-order valence-electron chi connectivity index (χ1n) is 4.76. The zero-order chi connectivity index (χ0) is 9.10. The molecule has 1 aromatic carbocycles. The normalized spacial score (nSPS) is 10.8. The molecule has 0 aliphatic carbocycles. The van der Waals surface area contributed by atoms with Crippen molar-refractivity contribution in [2.75, 3.05) is 0 Å². The number of aryl methyl sites for hydroxylation is 1. The Labute approximate surface area is 78.8 Å². The lowest BCUT2D eigenvalue weighted by Crippen LogP contribution is -1.80. The molecular formula is C12H14N. The molecule has 0 saturated carbocycles. The Morgan fingerprint density at radius 3 is 2.92 bits per heavy atom. The second kappa shape index (κ2) is 3.65. The standard InChI is InChI=1S/C12H14N/c1-2-3-6-10-9-13-12-8-5-4-7-11(10)12/h4-5,7-9,13H,1-3,6H2. The van der Waals surface area contributed by atoms with Crippen LogP contribution in [0.5, 0.6) is 0 Å². The summed E-state index contributed by atoms with van der Waals surface area (Å²) in [6, 6.07) is 8.43. The Bertz CT molecular complexity index is 387. The maximum atomic E-state index is 3.85. The van der Waals surface area contributed by atoms with Crippen LogP contribution in [0.25, 0.3) is 10.9 Å². The molecule has 0 unspecified atom stereocenters. The van der Waals surface area contributed by atoms with Crippen molar-refractivity contribution in [2.24, 2.45) is 0 Å². The highest BCUT2D eigenvalue weighted by Crippen LogP contribution is 2.19. The number of unbranched alkanes of at least 4 members (excludes halogenated alkanes) is 1. The van der Waals surface area contributed by atoms with Crippen LogP contribution in [-0.2, 0) is 6.42 Å². The molecule has 1 nitrogen and oxygen atoms in total. The van der Waals surface area contributed by atoms with Crippen LogP contribution in [0.4, 0.5) is 0 Å². The van der Waals surface area contributed by atoms with Gasteiger partial charge in [-0.2, -0.15) is 0 Å². The first kappa shape index (κ1) is 8.36. The predicted molar refractivity (Wildman–Crippen MR) is 56.6 cm³/mol. The van der Waals surface area contributed by atoms with Crippen molar-refractivity contribution >= 4 is 10.9 Å². The minimum atomic E-state index is 1.01. The predicted octanol–water partition coefficient (Wildman–Crippen LogP) is 3.32. The highest BCUT2D eigenvalue weighted by molar-refractivity contribution is 5.82. The molecule has 13 heavy (non-hydrogen) atoms. The van der Waals surface area contributed by atoms with Crippen LogP contribution in [0.3, 0.4) is 0 Å². The van der Waals surface area contributed by atoms with E-state index in [1.165, 1.54) is 22.9 Å². The van der Waals surface area contributed by atoms with E-state index < -0.39 is 0 Å². The summed E-state index contributed by atoms with van der Waals surface area (Å²) >= 11 is 0. The highest BCUT2D eigenvalue weighted by Gasteiger charge is 2.00. The van der Waals surface area contributed by atoms with Crippen molar-refractivity contribution in [3.05, 3.63) is 42.9 Å². The lowest BCUT2D eigenvalue weighted by Gasteiger charge is -1.95. The molecule has 1 radical (unpaired) electrons. The molecule has 0 saturated heterocycles.